The van der Waals surface area contributed by atoms with Crippen LogP contribution in [0.1, 0.15) is 50.2 Å². The number of fused-ring (bicyclic) bond motifs is 3. The Hall–Kier alpha value is -3.28. The van der Waals surface area contributed by atoms with Crippen LogP contribution in [0, 0.1) is 5.92 Å². The van der Waals surface area contributed by atoms with Crippen LogP contribution in [0.2, 0.25) is 0 Å². The van der Waals surface area contributed by atoms with Crippen LogP contribution in [0.15, 0.2) is 54.6 Å². The summed E-state index contributed by atoms with van der Waals surface area (Å²) in [6.45, 7) is 10.2. The van der Waals surface area contributed by atoms with E-state index in [0.29, 0.717) is 44.3 Å². The standard InChI is InChI=1S/C28H35N3O3/c1-5-34-23-12-10-21(11-13-23)15-17-31-26(32)25-18-22-8-6-7-9-24(22)30(25)19-28(31,4)27(33)29-16-14-20(2)3/h6-13,18,20H,5,14-17,19H2,1-4H3,(H,29,33)/t28-/m1/s1. The summed E-state index contributed by atoms with van der Waals surface area (Å²) in [7, 11) is 0. The van der Waals surface area contributed by atoms with Gasteiger partial charge in [-0.25, -0.2) is 0 Å². The number of aromatic nitrogens is 1. The summed E-state index contributed by atoms with van der Waals surface area (Å²) in [6, 6.07) is 17.9. The lowest BCUT2D eigenvalue weighted by Crippen LogP contribution is -2.64. The number of carbonyl (C=O) groups is 2. The van der Waals surface area contributed by atoms with Gasteiger partial charge in [0.2, 0.25) is 5.91 Å². The lowest BCUT2D eigenvalue weighted by atomic mass is 9.93. The number of hydrogen-bond acceptors (Lipinski definition) is 3. The fourth-order valence-electron chi connectivity index (χ4n) is 4.68. The maximum atomic E-state index is 13.8. The number of amides is 2. The van der Waals surface area contributed by atoms with Crippen molar-refractivity contribution < 1.29 is 14.3 Å². The summed E-state index contributed by atoms with van der Waals surface area (Å²) in [5, 5.41) is 4.12. The molecule has 0 radical (unpaired) electrons. The van der Waals surface area contributed by atoms with E-state index in [1.54, 1.807) is 4.90 Å². The Kier molecular flexibility index (Phi) is 6.96. The van der Waals surface area contributed by atoms with Crippen molar-refractivity contribution in [2.24, 2.45) is 5.92 Å². The Labute approximate surface area is 201 Å². The highest BCUT2D eigenvalue weighted by molar-refractivity contribution is 6.03. The number of hydrogen-bond donors (Lipinski definition) is 1. The predicted octanol–water partition coefficient (Wildman–Crippen LogP) is 4.66. The third kappa shape index (κ3) is 4.67. The number of carbonyl (C=O) groups excluding carboxylic acids is 2. The van der Waals surface area contributed by atoms with Crippen LogP contribution < -0.4 is 10.1 Å². The Morgan fingerprint density at radius 3 is 2.59 bits per heavy atom. The fraction of sp³-hybridized carbons (Fsp3) is 0.429. The number of para-hydroxylation sites is 1. The van der Waals surface area contributed by atoms with E-state index in [1.165, 1.54) is 0 Å². The second-order valence-corrected chi connectivity index (χ2v) is 9.67. The van der Waals surface area contributed by atoms with Gasteiger partial charge in [0.05, 0.1) is 13.2 Å². The van der Waals surface area contributed by atoms with Gasteiger partial charge in [-0.15, -0.1) is 0 Å². The van der Waals surface area contributed by atoms with Crippen molar-refractivity contribution in [1.29, 1.82) is 0 Å². The number of nitrogens with zero attached hydrogens (tertiary/aromatic N) is 2. The van der Waals surface area contributed by atoms with E-state index in [9.17, 15) is 9.59 Å². The Balaban J connectivity index is 1.62. The van der Waals surface area contributed by atoms with Crippen LogP contribution >= 0.6 is 0 Å². The van der Waals surface area contributed by atoms with Crippen LogP contribution in [-0.2, 0) is 17.8 Å². The molecule has 0 saturated heterocycles. The zero-order valence-electron chi connectivity index (χ0n) is 20.6. The molecule has 0 aliphatic carbocycles. The molecule has 180 valence electrons. The first kappa shape index (κ1) is 23.9. The van der Waals surface area contributed by atoms with Crippen molar-refractivity contribution in [2.45, 2.75) is 52.6 Å². The smallest absolute Gasteiger partial charge is 0.271 e. The van der Waals surface area contributed by atoms with Gasteiger partial charge in [0.25, 0.3) is 5.91 Å². The maximum absolute atomic E-state index is 13.8. The molecule has 1 aliphatic heterocycles. The van der Waals surface area contributed by atoms with Gasteiger partial charge in [0.15, 0.2) is 0 Å². The van der Waals surface area contributed by atoms with E-state index >= 15 is 0 Å². The van der Waals surface area contributed by atoms with Gasteiger partial charge in [-0.3, -0.25) is 9.59 Å². The van der Waals surface area contributed by atoms with E-state index in [-0.39, 0.29) is 11.8 Å². The molecule has 34 heavy (non-hydrogen) atoms. The first-order chi connectivity index (χ1) is 16.3. The highest BCUT2D eigenvalue weighted by Gasteiger charge is 2.47. The SMILES string of the molecule is CCOc1ccc(CCN2C(=O)c3cc4ccccc4n3C[C@]2(C)C(=O)NCCC(C)C)cc1. The molecule has 1 aliphatic rings. The molecule has 1 aromatic heterocycles. The highest BCUT2D eigenvalue weighted by atomic mass is 16.5. The molecule has 6 nitrogen and oxygen atoms in total. The minimum absolute atomic E-state index is 0.100. The van der Waals surface area contributed by atoms with Crippen molar-refractivity contribution in [1.82, 2.24) is 14.8 Å². The van der Waals surface area contributed by atoms with Crippen LogP contribution in [0.4, 0.5) is 0 Å². The Morgan fingerprint density at radius 2 is 1.88 bits per heavy atom. The van der Waals surface area contributed by atoms with E-state index in [2.05, 4.69) is 19.2 Å². The summed E-state index contributed by atoms with van der Waals surface area (Å²) >= 11 is 0. The molecular formula is C28H35N3O3. The number of ether oxygens (including phenoxy) is 1. The van der Waals surface area contributed by atoms with Gasteiger partial charge in [0, 0.05) is 24.0 Å². The van der Waals surface area contributed by atoms with E-state index in [1.807, 2.05) is 73.0 Å². The molecule has 0 spiro atoms. The molecule has 0 bridgehead atoms. The van der Waals surface area contributed by atoms with Crippen LogP contribution in [0.25, 0.3) is 10.9 Å². The Bertz CT molecular complexity index is 1170. The molecule has 2 aromatic carbocycles. The van der Waals surface area contributed by atoms with Crippen molar-refractivity contribution in [3.05, 3.63) is 65.9 Å². The Morgan fingerprint density at radius 1 is 1.15 bits per heavy atom. The average Bonchev–Trinajstić information content (AvgIpc) is 3.18. The minimum atomic E-state index is -0.978. The molecule has 0 unspecified atom stereocenters. The average molecular weight is 462 g/mol. The summed E-state index contributed by atoms with van der Waals surface area (Å²) in [4.78, 5) is 29.0. The topological polar surface area (TPSA) is 63.6 Å². The fourth-order valence-corrected chi connectivity index (χ4v) is 4.68. The first-order valence-corrected chi connectivity index (χ1v) is 12.2. The van der Waals surface area contributed by atoms with E-state index < -0.39 is 5.54 Å². The molecule has 6 heteroatoms. The number of benzene rings is 2. The molecule has 4 rings (SSSR count). The maximum Gasteiger partial charge on any atom is 0.271 e. The lowest BCUT2D eigenvalue weighted by molar-refractivity contribution is -0.132. The van der Waals surface area contributed by atoms with Gasteiger partial charge in [-0.2, -0.15) is 0 Å². The van der Waals surface area contributed by atoms with Gasteiger partial charge >= 0.3 is 0 Å². The zero-order valence-corrected chi connectivity index (χ0v) is 20.6. The molecule has 0 saturated carbocycles. The molecular weight excluding hydrogens is 426 g/mol. The van der Waals surface area contributed by atoms with Gasteiger partial charge < -0.3 is 19.5 Å². The molecule has 1 N–H and O–H groups in total. The van der Waals surface area contributed by atoms with Crippen LogP contribution in [-0.4, -0.2) is 46.5 Å². The van der Waals surface area contributed by atoms with Crippen molar-refractivity contribution in [2.75, 3.05) is 19.7 Å². The van der Waals surface area contributed by atoms with Gasteiger partial charge in [-0.1, -0.05) is 44.2 Å². The van der Waals surface area contributed by atoms with E-state index in [4.69, 9.17) is 4.74 Å². The van der Waals surface area contributed by atoms with Crippen LogP contribution in [0.5, 0.6) is 5.75 Å². The summed E-state index contributed by atoms with van der Waals surface area (Å²) in [6.07, 6.45) is 1.56. The lowest BCUT2D eigenvalue weighted by Gasteiger charge is -2.44. The van der Waals surface area contributed by atoms with Gasteiger partial charge in [-0.05, 0) is 62.4 Å². The summed E-state index contributed by atoms with van der Waals surface area (Å²) in [5.41, 5.74) is 1.75. The molecule has 1 atom stereocenters. The highest BCUT2D eigenvalue weighted by Crippen LogP contribution is 2.32. The summed E-state index contributed by atoms with van der Waals surface area (Å²) < 4.78 is 7.55. The number of rotatable bonds is 9. The predicted molar refractivity (Wildman–Crippen MR) is 135 cm³/mol. The monoisotopic (exact) mass is 461 g/mol. The largest absolute Gasteiger partial charge is 0.494 e. The minimum Gasteiger partial charge on any atom is -0.494 e. The van der Waals surface area contributed by atoms with E-state index in [0.717, 1.165) is 28.6 Å². The molecule has 2 heterocycles. The molecule has 0 fully saturated rings. The third-order valence-electron chi connectivity index (χ3n) is 6.69. The van der Waals surface area contributed by atoms with Crippen molar-refractivity contribution >= 4 is 22.7 Å². The number of nitrogens with one attached hydrogen (secondary N) is 1. The molecule has 3 aromatic rings. The first-order valence-electron chi connectivity index (χ1n) is 12.2. The van der Waals surface area contributed by atoms with Crippen molar-refractivity contribution in [3.63, 3.8) is 0 Å². The van der Waals surface area contributed by atoms with Crippen LogP contribution in [0.3, 0.4) is 0 Å². The normalized spacial score (nSPS) is 17.8. The second kappa shape index (κ2) is 9.92. The van der Waals surface area contributed by atoms with Crippen molar-refractivity contribution in [3.8, 4) is 5.75 Å². The van der Waals surface area contributed by atoms with Gasteiger partial charge in [0.1, 0.15) is 17.0 Å². The quantitative estimate of drug-likeness (QED) is 0.504. The second-order valence-electron chi connectivity index (χ2n) is 9.67. The zero-order chi connectivity index (χ0) is 24.3. The third-order valence-corrected chi connectivity index (χ3v) is 6.69. The summed E-state index contributed by atoms with van der Waals surface area (Å²) in [5.74, 6) is 1.13. The molecule has 2 amide bonds.